The standard InChI is InChI=1S/C12H10BrFN2O3S/c1-19-10-2-3-12(11(14)5-10)20(17,18)16-9-4-8(13)6-15-7-9/h2-7,16H,1H3. The third kappa shape index (κ3) is 3.26. The van der Waals surface area contributed by atoms with Crippen molar-refractivity contribution in [2.75, 3.05) is 11.8 Å². The van der Waals surface area contributed by atoms with E-state index in [1.54, 1.807) is 0 Å². The van der Waals surface area contributed by atoms with Crippen LogP contribution >= 0.6 is 15.9 Å². The van der Waals surface area contributed by atoms with Crippen molar-refractivity contribution in [2.24, 2.45) is 0 Å². The molecule has 5 nitrogen and oxygen atoms in total. The smallest absolute Gasteiger partial charge is 0.264 e. The Hall–Kier alpha value is -1.67. The van der Waals surface area contributed by atoms with E-state index >= 15 is 0 Å². The van der Waals surface area contributed by atoms with Crippen LogP contribution in [0.5, 0.6) is 5.75 Å². The number of halogens is 2. The molecule has 0 aliphatic heterocycles. The van der Waals surface area contributed by atoms with E-state index in [1.807, 2.05) is 0 Å². The molecule has 0 saturated carbocycles. The van der Waals surface area contributed by atoms with Gasteiger partial charge in [0.15, 0.2) is 0 Å². The molecule has 0 aliphatic rings. The first kappa shape index (κ1) is 14.7. The minimum atomic E-state index is -4.03. The fourth-order valence-electron chi connectivity index (χ4n) is 1.50. The molecule has 0 amide bonds. The van der Waals surface area contributed by atoms with Crippen LogP contribution in [0.15, 0.2) is 46.0 Å². The van der Waals surface area contributed by atoms with E-state index in [2.05, 4.69) is 25.6 Å². The van der Waals surface area contributed by atoms with Crippen molar-refractivity contribution >= 4 is 31.6 Å². The topological polar surface area (TPSA) is 68.3 Å². The van der Waals surface area contributed by atoms with Crippen LogP contribution in [0, 0.1) is 5.82 Å². The van der Waals surface area contributed by atoms with Crippen molar-refractivity contribution in [1.29, 1.82) is 0 Å². The molecular formula is C12H10BrFN2O3S. The Morgan fingerprint density at radius 3 is 2.65 bits per heavy atom. The lowest BCUT2D eigenvalue weighted by molar-refractivity contribution is 0.410. The van der Waals surface area contributed by atoms with Crippen LogP contribution in [0.4, 0.5) is 10.1 Å². The van der Waals surface area contributed by atoms with E-state index < -0.39 is 20.7 Å². The van der Waals surface area contributed by atoms with Crippen LogP contribution in [-0.2, 0) is 10.0 Å². The first-order valence-corrected chi connectivity index (χ1v) is 7.67. The molecule has 0 bridgehead atoms. The number of hydrogen-bond acceptors (Lipinski definition) is 4. The summed E-state index contributed by atoms with van der Waals surface area (Å²) < 4.78 is 45.7. The van der Waals surface area contributed by atoms with Gasteiger partial charge < -0.3 is 4.74 Å². The zero-order chi connectivity index (χ0) is 14.8. The van der Waals surface area contributed by atoms with Gasteiger partial charge in [0.1, 0.15) is 16.5 Å². The van der Waals surface area contributed by atoms with Gasteiger partial charge in [-0.1, -0.05) is 0 Å². The summed E-state index contributed by atoms with van der Waals surface area (Å²) in [7, 11) is -2.66. The molecule has 1 aromatic carbocycles. The lowest BCUT2D eigenvalue weighted by Crippen LogP contribution is -2.14. The number of hydrogen-bond donors (Lipinski definition) is 1. The van der Waals surface area contributed by atoms with Crippen LogP contribution in [0.25, 0.3) is 0 Å². The third-order valence-corrected chi connectivity index (χ3v) is 4.23. The van der Waals surface area contributed by atoms with E-state index in [9.17, 15) is 12.8 Å². The molecule has 8 heteroatoms. The maximum atomic E-state index is 13.8. The van der Waals surface area contributed by atoms with Crippen LogP contribution in [0.1, 0.15) is 0 Å². The highest BCUT2D eigenvalue weighted by atomic mass is 79.9. The van der Waals surface area contributed by atoms with Crippen LogP contribution < -0.4 is 9.46 Å². The number of aromatic nitrogens is 1. The summed E-state index contributed by atoms with van der Waals surface area (Å²) in [5.41, 5.74) is 0.231. The van der Waals surface area contributed by atoms with Gasteiger partial charge >= 0.3 is 0 Å². The first-order valence-electron chi connectivity index (χ1n) is 5.39. The van der Waals surface area contributed by atoms with Crippen molar-refractivity contribution in [3.8, 4) is 5.75 Å². The Morgan fingerprint density at radius 1 is 1.30 bits per heavy atom. The number of nitrogens with zero attached hydrogens (tertiary/aromatic N) is 1. The van der Waals surface area contributed by atoms with Crippen LogP contribution in [-0.4, -0.2) is 20.5 Å². The Morgan fingerprint density at radius 2 is 2.05 bits per heavy atom. The number of benzene rings is 1. The predicted molar refractivity (Wildman–Crippen MR) is 75.7 cm³/mol. The number of sulfonamides is 1. The predicted octanol–water partition coefficient (Wildman–Crippen LogP) is 2.79. The van der Waals surface area contributed by atoms with Gasteiger partial charge in [-0.3, -0.25) is 9.71 Å². The Labute approximate surface area is 124 Å². The third-order valence-electron chi connectivity index (χ3n) is 2.39. The van der Waals surface area contributed by atoms with Crippen LogP contribution in [0.2, 0.25) is 0 Å². The van der Waals surface area contributed by atoms with Crippen molar-refractivity contribution in [1.82, 2.24) is 4.98 Å². The normalized spacial score (nSPS) is 11.2. The molecule has 2 rings (SSSR count). The molecule has 0 unspecified atom stereocenters. The molecule has 0 fully saturated rings. The lowest BCUT2D eigenvalue weighted by atomic mass is 10.3. The molecule has 0 spiro atoms. The fraction of sp³-hybridized carbons (Fsp3) is 0.0833. The summed E-state index contributed by atoms with van der Waals surface area (Å²) in [4.78, 5) is 3.36. The maximum absolute atomic E-state index is 13.8. The minimum Gasteiger partial charge on any atom is -0.497 e. The van der Waals surface area contributed by atoms with Crippen molar-refractivity contribution < 1.29 is 17.5 Å². The van der Waals surface area contributed by atoms with Gasteiger partial charge in [0.2, 0.25) is 0 Å². The second-order valence-electron chi connectivity index (χ2n) is 3.79. The van der Waals surface area contributed by atoms with E-state index in [0.29, 0.717) is 4.47 Å². The zero-order valence-corrected chi connectivity index (χ0v) is 12.7. The monoisotopic (exact) mass is 360 g/mol. The molecule has 0 saturated heterocycles. The summed E-state index contributed by atoms with van der Waals surface area (Å²) in [5.74, 6) is -0.648. The number of rotatable bonds is 4. The molecule has 106 valence electrons. The Kier molecular flexibility index (Phi) is 4.24. The number of ether oxygens (including phenoxy) is 1. The molecule has 2 aromatic rings. The highest BCUT2D eigenvalue weighted by molar-refractivity contribution is 9.10. The highest BCUT2D eigenvalue weighted by Gasteiger charge is 2.20. The lowest BCUT2D eigenvalue weighted by Gasteiger charge is -2.09. The minimum absolute atomic E-state index is 0.231. The molecule has 1 heterocycles. The van der Waals surface area contributed by atoms with Crippen molar-refractivity contribution in [3.63, 3.8) is 0 Å². The summed E-state index contributed by atoms with van der Waals surface area (Å²) in [6.45, 7) is 0. The molecule has 0 atom stereocenters. The number of nitrogens with one attached hydrogen (secondary N) is 1. The highest BCUT2D eigenvalue weighted by Crippen LogP contribution is 2.23. The molecule has 0 radical (unpaired) electrons. The van der Waals surface area contributed by atoms with Crippen molar-refractivity contribution in [2.45, 2.75) is 4.90 Å². The number of anilines is 1. The largest absolute Gasteiger partial charge is 0.497 e. The number of methoxy groups -OCH3 is 1. The molecule has 1 N–H and O–H groups in total. The van der Waals surface area contributed by atoms with Gasteiger partial charge in [0.05, 0.1) is 19.0 Å². The average molecular weight is 361 g/mol. The van der Waals surface area contributed by atoms with Gasteiger partial charge in [-0.2, -0.15) is 0 Å². The fourth-order valence-corrected chi connectivity index (χ4v) is 2.96. The van der Waals surface area contributed by atoms with E-state index in [-0.39, 0.29) is 11.4 Å². The first-order chi connectivity index (χ1) is 9.42. The summed E-state index contributed by atoms with van der Waals surface area (Å²) in [6, 6.07) is 5.04. The van der Waals surface area contributed by atoms with E-state index in [1.165, 1.54) is 31.6 Å². The van der Waals surface area contributed by atoms with Crippen LogP contribution in [0.3, 0.4) is 0 Å². The Bertz CT molecular complexity index is 737. The van der Waals surface area contributed by atoms with Crippen molar-refractivity contribution in [3.05, 3.63) is 46.9 Å². The molecule has 0 aliphatic carbocycles. The summed E-state index contributed by atoms with van der Waals surface area (Å²) in [6.07, 6.45) is 2.83. The molecular weight excluding hydrogens is 351 g/mol. The average Bonchev–Trinajstić information content (AvgIpc) is 2.37. The molecule has 1 aromatic heterocycles. The van der Waals surface area contributed by atoms with Gasteiger partial charge in [0, 0.05) is 16.7 Å². The SMILES string of the molecule is COc1ccc(S(=O)(=O)Nc2cncc(Br)c2)c(F)c1. The quantitative estimate of drug-likeness (QED) is 0.909. The van der Waals surface area contributed by atoms with Gasteiger partial charge in [0.25, 0.3) is 10.0 Å². The van der Waals surface area contributed by atoms with E-state index in [0.717, 1.165) is 12.1 Å². The van der Waals surface area contributed by atoms with Gasteiger partial charge in [-0.15, -0.1) is 0 Å². The van der Waals surface area contributed by atoms with E-state index in [4.69, 9.17) is 4.74 Å². The molecule has 20 heavy (non-hydrogen) atoms. The maximum Gasteiger partial charge on any atom is 0.264 e. The number of pyridine rings is 1. The second kappa shape index (κ2) is 5.76. The Balaban J connectivity index is 2.36. The second-order valence-corrected chi connectivity index (χ2v) is 6.36. The van der Waals surface area contributed by atoms with Gasteiger partial charge in [-0.05, 0) is 34.1 Å². The van der Waals surface area contributed by atoms with Gasteiger partial charge in [-0.25, -0.2) is 12.8 Å². The zero-order valence-electron chi connectivity index (χ0n) is 10.3. The summed E-state index contributed by atoms with van der Waals surface area (Å²) in [5, 5.41) is 0. The summed E-state index contributed by atoms with van der Waals surface area (Å²) >= 11 is 3.17.